The maximum absolute atomic E-state index is 15.5. The normalized spacial score (nSPS) is 14.2. The number of ether oxygens (including phenoxy) is 3. The molecule has 3 N–H and O–H groups in total. The molecule has 1 aliphatic heterocycles. The SMILES string of the molecule is COc1cc2c(Oc3ccc(N(C(=O)C(N)=O)C(C)c4ccc(F)cc4)cc3F)ccnc2cc1OCC1CCNCC1. The number of benzene rings is 3. The highest BCUT2D eigenvalue weighted by molar-refractivity contribution is 6.40. The second-order valence-corrected chi connectivity index (χ2v) is 10.3. The van der Waals surface area contributed by atoms with E-state index in [1.807, 2.05) is 0 Å². The van der Waals surface area contributed by atoms with Gasteiger partial charge < -0.3 is 25.3 Å². The standard InChI is InChI=1S/C32H32F2N4O5/c1-19(21-3-5-22(33)6-4-21)38(32(40)31(35)39)23-7-8-28(25(34)15-23)43-27-11-14-37-26-17-30(29(41-2)16-24(26)27)42-18-20-9-12-36-13-10-20/h3-8,11,14-17,19-20,36H,9-10,12-13,18H2,1-2H3,(H2,35,39). The van der Waals surface area contributed by atoms with Gasteiger partial charge in [-0.3, -0.25) is 19.5 Å². The summed E-state index contributed by atoms with van der Waals surface area (Å²) < 4.78 is 46.6. The van der Waals surface area contributed by atoms with Gasteiger partial charge in [0.2, 0.25) is 0 Å². The molecule has 5 rings (SSSR count). The van der Waals surface area contributed by atoms with Crippen molar-refractivity contribution in [1.82, 2.24) is 10.3 Å². The predicted octanol–water partition coefficient (Wildman–Crippen LogP) is 5.27. The van der Waals surface area contributed by atoms with Crippen molar-refractivity contribution in [2.24, 2.45) is 11.7 Å². The van der Waals surface area contributed by atoms with Crippen molar-refractivity contribution >= 4 is 28.4 Å². The average molecular weight is 591 g/mol. The largest absolute Gasteiger partial charge is 0.493 e. The van der Waals surface area contributed by atoms with Crippen molar-refractivity contribution in [2.45, 2.75) is 25.8 Å². The van der Waals surface area contributed by atoms with Gasteiger partial charge in [0.1, 0.15) is 11.6 Å². The van der Waals surface area contributed by atoms with Crippen molar-refractivity contribution in [1.29, 1.82) is 0 Å². The van der Waals surface area contributed by atoms with E-state index in [2.05, 4.69) is 10.3 Å². The van der Waals surface area contributed by atoms with Crippen molar-refractivity contribution in [3.8, 4) is 23.0 Å². The third kappa shape index (κ3) is 6.67. The number of methoxy groups -OCH3 is 1. The van der Waals surface area contributed by atoms with E-state index in [9.17, 15) is 14.0 Å². The number of hydrogen-bond acceptors (Lipinski definition) is 7. The van der Waals surface area contributed by atoms with Gasteiger partial charge in [0.05, 0.1) is 25.3 Å². The monoisotopic (exact) mass is 590 g/mol. The average Bonchev–Trinajstić information content (AvgIpc) is 3.01. The van der Waals surface area contributed by atoms with Crippen LogP contribution in [0.5, 0.6) is 23.0 Å². The van der Waals surface area contributed by atoms with Gasteiger partial charge in [0.15, 0.2) is 23.1 Å². The molecule has 4 aromatic rings. The fourth-order valence-electron chi connectivity index (χ4n) is 5.11. The van der Waals surface area contributed by atoms with E-state index in [0.29, 0.717) is 46.2 Å². The van der Waals surface area contributed by atoms with E-state index >= 15 is 4.39 Å². The minimum absolute atomic E-state index is 0.0715. The molecule has 2 amide bonds. The first-order chi connectivity index (χ1) is 20.7. The molecule has 224 valence electrons. The number of carbonyl (C=O) groups excluding carboxylic acids is 2. The zero-order chi connectivity index (χ0) is 30.5. The summed E-state index contributed by atoms with van der Waals surface area (Å²) in [5, 5.41) is 3.92. The van der Waals surface area contributed by atoms with Gasteiger partial charge in [0.25, 0.3) is 0 Å². The van der Waals surface area contributed by atoms with Gasteiger partial charge >= 0.3 is 11.8 Å². The second kappa shape index (κ2) is 13.0. The van der Waals surface area contributed by atoms with Crippen LogP contribution in [0.15, 0.2) is 66.9 Å². The number of rotatable bonds is 9. The summed E-state index contributed by atoms with van der Waals surface area (Å²) >= 11 is 0. The molecule has 2 heterocycles. The maximum Gasteiger partial charge on any atom is 0.316 e. The number of nitrogens with zero attached hydrogens (tertiary/aromatic N) is 2. The number of hydrogen-bond donors (Lipinski definition) is 2. The van der Waals surface area contributed by atoms with Crippen molar-refractivity contribution in [2.75, 3.05) is 31.7 Å². The second-order valence-electron chi connectivity index (χ2n) is 10.3. The van der Waals surface area contributed by atoms with Crippen LogP contribution < -0.4 is 30.2 Å². The van der Waals surface area contributed by atoms with Gasteiger partial charge in [-0.2, -0.15) is 0 Å². The van der Waals surface area contributed by atoms with Crippen LogP contribution in [0.3, 0.4) is 0 Å². The highest BCUT2D eigenvalue weighted by atomic mass is 19.1. The van der Waals surface area contributed by atoms with Crippen LogP contribution in [0.25, 0.3) is 10.9 Å². The van der Waals surface area contributed by atoms with Gasteiger partial charge in [-0.05, 0) is 80.7 Å². The Kier molecular flexibility index (Phi) is 9.01. The Morgan fingerprint density at radius 1 is 1.00 bits per heavy atom. The van der Waals surface area contributed by atoms with E-state index in [1.54, 1.807) is 38.4 Å². The smallest absolute Gasteiger partial charge is 0.316 e. The molecule has 0 saturated carbocycles. The summed E-state index contributed by atoms with van der Waals surface area (Å²) in [6.45, 7) is 4.12. The minimum Gasteiger partial charge on any atom is -0.493 e. The van der Waals surface area contributed by atoms with Crippen LogP contribution in [-0.4, -0.2) is 43.6 Å². The molecule has 1 saturated heterocycles. The molecule has 0 radical (unpaired) electrons. The van der Waals surface area contributed by atoms with Crippen LogP contribution >= 0.6 is 0 Å². The van der Waals surface area contributed by atoms with Crippen LogP contribution in [0, 0.1) is 17.6 Å². The number of nitrogens with two attached hydrogens (primary N) is 1. The Balaban J connectivity index is 1.41. The molecule has 3 aromatic carbocycles. The molecular formula is C32H32F2N4O5. The molecule has 43 heavy (non-hydrogen) atoms. The summed E-state index contributed by atoms with van der Waals surface area (Å²) in [6, 6.07) is 13.6. The summed E-state index contributed by atoms with van der Waals surface area (Å²) in [6.07, 6.45) is 3.62. The highest BCUT2D eigenvalue weighted by Crippen LogP contribution is 2.39. The van der Waals surface area contributed by atoms with Crippen molar-refractivity contribution in [3.05, 3.63) is 84.1 Å². The van der Waals surface area contributed by atoms with Crippen LogP contribution in [0.2, 0.25) is 0 Å². The van der Waals surface area contributed by atoms with Crippen molar-refractivity contribution < 1.29 is 32.6 Å². The first-order valence-corrected chi connectivity index (χ1v) is 13.9. The highest BCUT2D eigenvalue weighted by Gasteiger charge is 2.28. The Morgan fingerprint density at radius 2 is 1.74 bits per heavy atom. The molecule has 1 fully saturated rings. The Labute approximate surface area is 247 Å². The van der Waals surface area contributed by atoms with E-state index in [1.165, 1.54) is 36.4 Å². The molecule has 1 atom stereocenters. The minimum atomic E-state index is -1.22. The van der Waals surface area contributed by atoms with Gasteiger partial charge in [-0.25, -0.2) is 8.78 Å². The van der Waals surface area contributed by atoms with E-state index < -0.39 is 29.5 Å². The van der Waals surface area contributed by atoms with Crippen LogP contribution in [0.1, 0.15) is 31.4 Å². The molecular weight excluding hydrogens is 558 g/mol. The number of anilines is 1. The maximum atomic E-state index is 15.5. The number of pyridine rings is 1. The van der Waals surface area contributed by atoms with Gasteiger partial charge in [0, 0.05) is 29.4 Å². The summed E-state index contributed by atoms with van der Waals surface area (Å²) in [4.78, 5) is 30.1. The lowest BCUT2D eigenvalue weighted by Crippen LogP contribution is -2.42. The van der Waals surface area contributed by atoms with Gasteiger partial charge in [-0.15, -0.1) is 0 Å². The molecule has 0 bridgehead atoms. The lowest BCUT2D eigenvalue weighted by atomic mass is 9.99. The number of aromatic nitrogens is 1. The number of nitrogens with one attached hydrogen (secondary N) is 1. The number of halogens is 2. The summed E-state index contributed by atoms with van der Waals surface area (Å²) in [5.41, 5.74) is 6.46. The summed E-state index contributed by atoms with van der Waals surface area (Å²) in [5.74, 6) is -1.81. The topological polar surface area (TPSA) is 116 Å². The number of fused-ring (bicyclic) bond motifs is 1. The Bertz CT molecular complexity index is 1630. The molecule has 1 aromatic heterocycles. The molecule has 1 unspecified atom stereocenters. The number of primary amides is 1. The van der Waals surface area contributed by atoms with E-state index in [-0.39, 0.29) is 11.4 Å². The molecule has 9 nitrogen and oxygen atoms in total. The first kappa shape index (κ1) is 29.7. The lowest BCUT2D eigenvalue weighted by molar-refractivity contribution is -0.135. The zero-order valence-corrected chi connectivity index (χ0v) is 23.8. The predicted molar refractivity (Wildman–Crippen MR) is 157 cm³/mol. The molecule has 0 spiro atoms. The van der Waals surface area contributed by atoms with Gasteiger partial charge in [-0.1, -0.05) is 12.1 Å². The fraction of sp³-hybridized carbons (Fsp3) is 0.281. The Morgan fingerprint density at radius 3 is 2.42 bits per heavy atom. The van der Waals surface area contributed by atoms with E-state index in [0.717, 1.165) is 36.9 Å². The van der Waals surface area contributed by atoms with Crippen molar-refractivity contribution in [3.63, 3.8) is 0 Å². The third-order valence-corrected chi connectivity index (χ3v) is 7.50. The summed E-state index contributed by atoms with van der Waals surface area (Å²) in [7, 11) is 1.54. The zero-order valence-electron chi connectivity index (χ0n) is 23.8. The number of piperidine rings is 1. The van der Waals surface area contributed by atoms with E-state index in [4.69, 9.17) is 19.9 Å². The molecule has 1 aliphatic rings. The number of carbonyl (C=O) groups is 2. The third-order valence-electron chi connectivity index (χ3n) is 7.50. The quantitative estimate of drug-likeness (QED) is 0.255. The lowest BCUT2D eigenvalue weighted by Gasteiger charge is -2.29. The fourth-order valence-corrected chi connectivity index (χ4v) is 5.11. The molecule has 0 aliphatic carbocycles. The Hall–Kier alpha value is -4.77. The number of amides is 2. The van der Waals surface area contributed by atoms with Crippen LogP contribution in [0.4, 0.5) is 14.5 Å². The first-order valence-electron chi connectivity index (χ1n) is 13.9. The van der Waals surface area contributed by atoms with Crippen LogP contribution in [-0.2, 0) is 9.59 Å². The molecule has 11 heteroatoms.